The van der Waals surface area contributed by atoms with Gasteiger partial charge in [-0.05, 0) is 49.1 Å². The van der Waals surface area contributed by atoms with Crippen molar-refractivity contribution in [1.29, 1.82) is 0 Å². The maximum atomic E-state index is 12.0. The Bertz CT molecular complexity index is 1020. The lowest BCUT2D eigenvalue weighted by Crippen LogP contribution is -2.47. The van der Waals surface area contributed by atoms with Gasteiger partial charge in [0, 0.05) is 50.2 Å². The average Bonchev–Trinajstić information content (AvgIpc) is 3.22. The normalized spacial score (nSPS) is 14.8. The van der Waals surface area contributed by atoms with Gasteiger partial charge in [-0.3, -0.25) is 14.8 Å². The van der Waals surface area contributed by atoms with E-state index in [1.54, 1.807) is 0 Å². The maximum absolute atomic E-state index is 12.0. The van der Waals surface area contributed by atoms with E-state index in [-0.39, 0.29) is 5.91 Å². The smallest absolute Gasteiger partial charge is 0.224 e. The van der Waals surface area contributed by atoms with Crippen LogP contribution in [-0.4, -0.2) is 53.7 Å². The first kappa shape index (κ1) is 21.4. The van der Waals surface area contributed by atoms with Gasteiger partial charge in [0.05, 0.1) is 5.52 Å². The molecule has 1 fully saturated rings. The maximum Gasteiger partial charge on any atom is 0.224 e. The van der Waals surface area contributed by atoms with Crippen LogP contribution in [0, 0.1) is 6.92 Å². The average molecular weight is 420 g/mol. The van der Waals surface area contributed by atoms with Gasteiger partial charge >= 0.3 is 0 Å². The van der Waals surface area contributed by atoms with Crippen LogP contribution in [0.5, 0.6) is 0 Å². The molecular formula is C25H33N5O. The number of nitrogens with zero attached hydrogens (tertiary/aromatic N) is 3. The predicted octanol–water partition coefficient (Wildman–Crippen LogP) is 4.36. The Hall–Kier alpha value is -2.86. The van der Waals surface area contributed by atoms with Gasteiger partial charge in [0.25, 0.3) is 0 Å². The summed E-state index contributed by atoms with van der Waals surface area (Å²) in [7, 11) is 0. The Morgan fingerprint density at radius 1 is 1.13 bits per heavy atom. The highest BCUT2D eigenvalue weighted by atomic mass is 16.1. The Kier molecular flexibility index (Phi) is 6.87. The number of anilines is 2. The molecule has 2 N–H and O–H groups in total. The van der Waals surface area contributed by atoms with Crippen LogP contribution in [-0.2, 0) is 11.2 Å². The number of nitrogens with one attached hydrogen (secondary N) is 2. The molecule has 3 aromatic rings. The van der Waals surface area contributed by atoms with Crippen molar-refractivity contribution in [2.45, 2.75) is 39.5 Å². The molecule has 4 rings (SSSR count). The minimum Gasteiger partial charge on any atom is -0.352 e. The number of para-hydroxylation sites is 1. The number of aryl methyl sites for hydroxylation is 1. The molecule has 31 heavy (non-hydrogen) atoms. The number of aromatic amines is 1. The molecule has 6 nitrogen and oxygen atoms in total. The number of aromatic nitrogens is 2. The molecule has 0 saturated carbocycles. The lowest BCUT2D eigenvalue weighted by molar-refractivity contribution is -0.116. The molecule has 0 radical (unpaired) electrons. The second-order valence-electron chi connectivity index (χ2n) is 8.47. The van der Waals surface area contributed by atoms with E-state index in [0.717, 1.165) is 74.6 Å². The third-order valence-corrected chi connectivity index (χ3v) is 6.16. The zero-order valence-corrected chi connectivity index (χ0v) is 18.7. The van der Waals surface area contributed by atoms with Crippen LogP contribution in [0.25, 0.3) is 10.9 Å². The molecule has 1 amide bonds. The number of fused-ring (bicyclic) bond motifs is 1. The molecule has 0 unspecified atom stereocenters. The van der Waals surface area contributed by atoms with Crippen LogP contribution in [0.2, 0.25) is 0 Å². The Labute approximate surface area is 184 Å². The lowest BCUT2D eigenvalue weighted by atomic mass is 10.1. The molecule has 1 aliphatic heterocycles. The van der Waals surface area contributed by atoms with E-state index in [0.29, 0.717) is 6.42 Å². The minimum absolute atomic E-state index is 0.111. The van der Waals surface area contributed by atoms with E-state index < -0.39 is 0 Å². The van der Waals surface area contributed by atoms with Crippen LogP contribution >= 0.6 is 0 Å². The van der Waals surface area contributed by atoms with Gasteiger partial charge in [-0.2, -0.15) is 5.10 Å². The Morgan fingerprint density at radius 2 is 1.94 bits per heavy atom. The number of H-pyrrole nitrogens is 1. The number of unbranched alkanes of at least 4 members (excludes halogenated alkanes) is 1. The summed E-state index contributed by atoms with van der Waals surface area (Å²) in [4.78, 5) is 16.9. The third kappa shape index (κ3) is 5.25. The molecule has 2 heterocycles. The summed E-state index contributed by atoms with van der Waals surface area (Å²) in [6.07, 6.45) is 3.60. The molecule has 1 aliphatic rings. The van der Waals surface area contributed by atoms with Crippen molar-refractivity contribution in [3.63, 3.8) is 0 Å². The summed E-state index contributed by atoms with van der Waals surface area (Å²) < 4.78 is 0. The van der Waals surface area contributed by atoms with Gasteiger partial charge in [-0.1, -0.05) is 37.6 Å². The van der Waals surface area contributed by atoms with Crippen molar-refractivity contribution in [3.05, 3.63) is 53.6 Å². The zero-order chi connectivity index (χ0) is 21.6. The largest absolute Gasteiger partial charge is 0.352 e. The molecular weight excluding hydrogens is 386 g/mol. The van der Waals surface area contributed by atoms with Crippen LogP contribution in [0.15, 0.2) is 42.5 Å². The number of hydrogen-bond donors (Lipinski definition) is 2. The Balaban J connectivity index is 1.27. The van der Waals surface area contributed by atoms with Crippen molar-refractivity contribution < 1.29 is 4.79 Å². The number of amides is 1. The molecule has 0 bridgehead atoms. The van der Waals surface area contributed by atoms with Crippen molar-refractivity contribution in [3.8, 4) is 0 Å². The quantitative estimate of drug-likeness (QED) is 0.569. The Morgan fingerprint density at radius 3 is 2.71 bits per heavy atom. The molecule has 0 spiro atoms. The molecule has 1 aromatic heterocycles. The van der Waals surface area contributed by atoms with E-state index in [2.05, 4.69) is 75.6 Å². The number of piperazine rings is 1. The summed E-state index contributed by atoms with van der Waals surface area (Å²) in [5.41, 5.74) is 4.49. The first-order valence-corrected chi connectivity index (χ1v) is 11.4. The third-order valence-electron chi connectivity index (χ3n) is 6.16. The fraction of sp³-hybridized carbons (Fsp3) is 0.440. The number of benzene rings is 2. The van der Waals surface area contributed by atoms with Crippen molar-refractivity contribution in [2.75, 3.05) is 42.9 Å². The van der Waals surface area contributed by atoms with Crippen molar-refractivity contribution in [1.82, 2.24) is 15.1 Å². The van der Waals surface area contributed by atoms with Crippen LogP contribution < -0.4 is 10.2 Å². The van der Waals surface area contributed by atoms with E-state index in [1.807, 2.05) is 6.07 Å². The van der Waals surface area contributed by atoms with Gasteiger partial charge in [0.2, 0.25) is 5.91 Å². The number of carbonyl (C=O) groups excluding carboxylic acids is 1. The number of hydrogen-bond acceptors (Lipinski definition) is 4. The first-order chi connectivity index (χ1) is 15.1. The monoisotopic (exact) mass is 419 g/mol. The highest BCUT2D eigenvalue weighted by Crippen LogP contribution is 2.24. The van der Waals surface area contributed by atoms with Gasteiger partial charge in [0.1, 0.15) is 0 Å². The van der Waals surface area contributed by atoms with Gasteiger partial charge in [0.15, 0.2) is 5.82 Å². The van der Waals surface area contributed by atoms with E-state index >= 15 is 0 Å². The zero-order valence-electron chi connectivity index (χ0n) is 18.7. The van der Waals surface area contributed by atoms with Gasteiger partial charge in [-0.15, -0.1) is 0 Å². The van der Waals surface area contributed by atoms with E-state index in [9.17, 15) is 4.79 Å². The molecule has 1 saturated heterocycles. The van der Waals surface area contributed by atoms with Crippen LogP contribution in [0.3, 0.4) is 0 Å². The summed E-state index contributed by atoms with van der Waals surface area (Å²) in [5.74, 6) is 1.18. The molecule has 0 aliphatic carbocycles. The van der Waals surface area contributed by atoms with Crippen molar-refractivity contribution >= 4 is 28.3 Å². The standard InChI is InChI=1S/C25H33N5O/c1-3-4-9-24(31)26-22-11-10-20(18-19(22)2)12-13-29-14-16-30(17-15-29)25-21-7-5-6-8-23(21)27-28-25/h5-8,10-11,18H,3-4,9,12-17H2,1-2H3,(H,26,31)(H,27,28). The summed E-state index contributed by atoms with van der Waals surface area (Å²) >= 11 is 0. The van der Waals surface area contributed by atoms with Gasteiger partial charge < -0.3 is 10.2 Å². The van der Waals surface area contributed by atoms with Crippen molar-refractivity contribution in [2.24, 2.45) is 0 Å². The molecule has 2 aromatic carbocycles. The van der Waals surface area contributed by atoms with E-state index in [4.69, 9.17) is 0 Å². The van der Waals surface area contributed by atoms with Crippen LogP contribution in [0.1, 0.15) is 37.3 Å². The topological polar surface area (TPSA) is 64.3 Å². The minimum atomic E-state index is 0.111. The fourth-order valence-electron chi connectivity index (χ4n) is 4.23. The lowest BCUT2D eigenvalue weighted by Gasteiger charge is -2.35. The first-order valence-electron chi connectivity index (χ1n) is 11.4. The van der Waals surface area contributed by atoms with Gasteiger partial charge in [-0.25, -0.2) is 0 Å². The molecule has 0 atom stereocenters. The van der Waals surface area contributed by atoms with E-state index in [1.165, 1.54) is 10.9 Å². The predicted molar refractivity (Wildman–Crippen MR) is 128 cm³/mol. The SMILES string of the molecule is CCCCC(=O)Nc1ccc(CCN2CCN(c3n[nH]c4ccccc34)CC2)cc1C. The van der Waals surface area contributed by atoms with Crippen LogP contribution in [0.4, 0.5) is 11.5 Å². The summed E-state index contributed by atoms with van der Waals surface area (Å²) in [6.45, 7) is 9.32. The second-order valence-corrected chi connectivity index (χ2v) is 8.47. The highest BCUT2D eigenvalue weighted by Gasteiger charge is 2.20. The number of carbonyl (C=O) groups is 1. The highest BCUT2D eigenvalue weighted by molar-refractivity contribution is 5.91. The number of rotatable bonds is 8. The molecule has 6 heteroatoms. The molecule has 164 valence electrons. The summed E-state index contributed by atoms with van der Waals surface area (Å²) in [6, 6.07) is 14.7. The second kappa shape index (κ2) is 9.96. The fourth-order valence-corrected chi connectivity index (χ4v) is 4.23. The summed E-state index contributed by atoms with van der Waals surface area (Å²) in [5, 5.41) is 11.9.